The number of hydrogen-bond donors (Lipinski definition) is 0. The van der Waals surface area contributed by atoms with E-state index in [4.69, 9.17) is 21.7 Å². The Kier molecular flexibility index (Phi) is 6.45. The molecule has 1 aliphatic heterocycles. The Morgan fingerprint density at radius 3 is 2.79 bits per heavy atom. The third-order valence-electron chi connectivity index (χ3n) is 3.70. The van der Waals surface area contributed by atoms with E-state index in [0.717, 1.165) is 12.0 Å². The molecule has 1 aromatic rings. The number of thiocarbonyl (C=S) groups is 1. The van der Waals surface area contributed by atoms with Crippen LogP contribution in [0.25, 0.3) is 6.08 Å². The minimum atomic E-state index is -0.0368. The van der Waals surface area contributed by atoms with Crippen molar-refractivity contribution in [2.24, 2.45) is 0 Å². The van der Waals surface area contributed by atoms with Gasteiger partial charge in [0.25, 0.3) is 5.91 Å². The number of amides is 1. The predicted molar refractivity (Wildman–Crippen MR) is 103 cm³/mol. The molecule has 1 aliphatic rings. The third kappa shape index (κ3) is 3.99. The molecule has 0 radical (unpaired) electrons. The summed E-state index contributed by atoms with van der Waals surface area (Å²) in [4.78, 5) is 14.9. The molecule has 2 rings (SSSR count). The number of methoxy groups -OCH3 is 1. The van der Waals surface area contributed by atoms with Gasteiger partial charge in [-0.25, -0.2) is 0 Å². The molecule has 0 spiro atoms. The van der Waals surface area contributed by atoms with Gasteiger partial charge >= 0.3 is 0 Å². The van der Waals surface area contributed by atoms with Crippen LogP contribution in [0.4, 0.5) is 0 Å². The third-order valence-corrected chi connectivity index (χ3v) is 5.03. The van der Waals surface area contributed by atoms with E-state index >= 15 is 0 Å². The Hall–Kier alpha value is -1.79. The summed E-state index contributed by atoms with van der Waals surface area (Å²) in [7, 11) is 1.59. The molecule has 0 saturated carbocycles. The molecule has 128 valence electrons. The molecular weight excluding hydrogens is 342 g/mol. The molecule has 4 nitrogen and oxygen atoms in total. The van der Waals surface area contributed by atoms with Crippen molar-refractivity contribution in [3.8, 4) is 11.5 Å². The van der Waals surface area contributed by atoms with E-state index < -0.39 is 0 Å². The standard InChI is InChI=1S/C18H21NO3S2/c1-5-9-22-14-8-7-13(10-15(14)21-4)11-16-17(20)19(12(3)6-2)18(23)24-16/h5,7-8,10-12H,1,6,9H2,2-4H3/b16-11-. The number of benzene rings is 1. The molecular formula is C18H21NO3S2. The van der Waals surface area contributed by atoms with Crippen molar-refractivity contribution < 1.29 is 14.3 Å². The Morgan fingerprint density at radius 2 is 2.17 bits per heavy atom. The van der Waals surface area contributed by atoms with Crippen LogP contribution in [0.1, 0.15) is 25.8 Å². The lowest BCUT2D eigenvalue weighted by Crippen LogP contribution is -2.36. The maximum Gasteiger partial charge on any atom is 0.266 e. The molecule has 6 heteroatoms. The van der Waals surface area contributed by atoms with Crippen LogP contribution < -0.4 is 9.47 Å². The topological polar surface area (TPSA) is 38.8 Å². The van der Waals surface area contributed by atoms with Crippen LogP contribution in [0, 0.1) is 0 Å². The smallest absolute Gasteiger partial charge is 0.266 e. The van der Waals surface area contributed by atoms with E-state index in [-0.39, 0.29) is 11.9 Å². The summed E-state index contributed by atoms with van der Waals surface area (Å²) in [5.41, 5.74) is 0.863. The van der Waals surface area contributed by atoms with Gasteiger partial charge in [0, 0.05) is 6.04 Å². The number of nitrogens with zero attached hydrogens (tertiary/aromatic N) is 1. The zero-order valence-corrected chi connectivity index (χ0v) is 15.7. The first kappa shape index (κ1) is 18.5. The fraction of sp³-hybridized carbons (Fsp3) is 0.333. The maximum absolute atomic E-state index is 12.6. The maximum atomic E-state index is 12.6. The van der Waals surface area contributed by atoms with Gasteiger partial charge in [0.15, 0.2) is 11.5 Å². The molecule has 1 heterocycles. The van der Waals surface area contributed by atoms with Gasteiger partial charge in [-0.3, -0.25) is 9.69 Å². The number of ether oxygens (including phenoxy) is 2. The van der Waals surface area contributed by atoms with Crippen LogP contribution >= 0.6 is 24.0 Å². The van der Waals surface area contributed by atoms with Crippen molar-refractivity contribution in [2.45, 2.75) is 26.3 Å². The summed E-state index contributed by atoms with van der Waals surface area (Å²) < 4.78 is 11.5. The molecule has 0 bridgehead atoms. The number of thioether (sulfide) groups is 1. The molecule has 0 aromatic heterocycles. The summed E-state index contributed by atoms with van der Waals surface area (Å²) in [6, 6.07) is 5.65. The van der Waals surface area contributed by atoms with Crippen LogP contribution in [-0.2, 0) is 4.79 Å². The fourth-order valence-electron chi connectivity index (χ4n) is 2.24. The van der Waals surface area contributed by atoms with E-state index in [1.807, 2.05) is 38.1 Å². The van der Waals surface area contributed by atoms with Crippen LogP contribution in [-0.4, -0.2) is 34.9 Å². The summed E-state index contributed by atoms with van der Waals surface area (Å²) in [6.07, 6.45) is 4.37. The Balaban J connectivity index is 2.26. The van der Waals surface area contributed by atoms with Crippen molar-refractivity contribution in [1.29, 1.82) is 0 Å². The molecule has 0 N–H and O–H groups in total. The van der Waals surface area contributed by atoms with Gasteiger partial charge in [-0.1, -0.05) is 49.6 Å². The zero-order valence-electron chi connectivity index (χ0n) is 14.1. The predicted octanol–water partition coefficient (Wildman–Crippen LogP) is 4.26. The Bertz CT molecular complexity index is 685. The van der Waals surface area contributed by atoms with E-state index in [2.05, 4.69) is 6.58 Å². The molecule has 1 aromatic carbocycles. The highest BCUT2D eigenvalue weighted by Gasteiger charge is 2.34. The van der Waals surface area contributed by atoms with Crippen molar-refractivity contribution in [3.05, 3.63) is 41.3 Å². The van der Waals surface area contributed by atoms with Crippen LogP contribution in [0.2, 0.25) is 0 Å². The van der Waals surface area contributed by atoms with Gasteiger partial charge in [0.2, 0.25) is 0 Å². The SMILES string of the molecule is C=CCOc1ccc(/C=C2\SC(=S)N(C(C)CC)C2=O)cc1OC. The first-order valence-electron chi connectivity index (χ1n) is 7.70. The van der Waals surface area contributed by atoms with Crippen molar-refractivity contribution in [2.75, 3.05) is 13.7 Å². The summed E-state index contributed by atoms with van der Waals surface area (Å²) in [6.45, 7) is 8.08. The van der Waals surface area contributed by atoms with Crippen molar-refractivity contribution in [1.82, 2.24) is 4.90 Å². The van der Waals surface area contributed by atoms with E-state index in [0.29, 0.717) is 27.3 Å². The highest BCUT2D eigenvalue weighted by molar-refractivity contribution is 8.26. The molecule has 0 aliphatic carbocycles. The molecule has 1 amide bonds. The second-order valence-corrected chi connectivity index (χ2v) is 6.99. The molecule has 24 heavy (non-hydrogen) atoms. The largest absolute Gasteiger partial charge is 0.493 e. The molecule has 1 unspecified atom stereocenters. The average Bonchev–Trinajstić information content (AvgIpc) is 2.86. The lowest BCUT2D eigenvalue weighted by atomic mass is 10.1. The van der Waals surface area contributed by atoms with Crippen LogP contribution in [0.5, 0.6) is 11.5 Å². The average molecular weight is 364 g/mol. The first-order valence-corrected chi connectivity index (χ1v) is 8.93. The summed E-state index contributed by atoms with van der Waals surface area (Å²) in [5.74, 6) is 1.22. The first-order chi connectivity index (χ1) is 11.5. The minimum absolute atomic E-state index is 0.0368. The number of hydrogen-bond acceptors (Lipinski definition) is 5. The molecule has 1 saturated heterocycles. The fourth-order valence-corrected chi connectivity index (χ4v) is 3.70. The Morgan fingerprint density at radius 1 is 1.42 bits per heavy atom. The number of carbonyl (C=O) groups excluding carboxylic acids is 1. The zero-order chi connectivity index (χ0) is 17.7. The van der Waals surface area contributed by atoms with Crippen LogP contribution in [0.15, 0.2) is 35.8 Å². The van der Waals surface area contributed by atoms with Gasteiger partial charge in [-0.2, -0.15) is 0 Å². The number of rotatable bonds is 7. The van der Waals surface area contributed by atoms with E-state index in [1.54, 1.807) is 18.1 Å². The van der Waals surface area contributed by atoms with Gasteiger partial charge in [0.1, 0.15) is 10.9 Å². The van der Waals surface area contributed by atoms with Gasteiger partial charge < -0.3 is 9.47 Å². The molecule has 1 atom stereocenters. The second-order valence-electron chi connectivity index (χ2n) is 5.32. The highest BCUT2D eigenvalue weighted by Crippen LogP contribution is 2.36. The van der Waals surface area contributed by atoms with Gasteiger partial charge in [-0.15, -0.1) is 0 Å². The lowest BCUT2D eigenvalue weighted by molar-refractivity contribution is -0.123. The Labute approximate surface area is 152 Å². The van der Waals surface area contributed by atoms with E-state index in [9.17, 15) is 4.79 Å². The second kappa shape index (κ2) is 8.35. The van der Waals surface area contributed by atoms with E-state index in [1.165, 1.54) is 11.8 Å². The van der Waals surface area contributed by atoms with Gasteiger partial charge in [-0.05, 0) is 37.1 Å². The lowest BCUT2D eigenvalue weighted by Gasteiger charge is -2.21. The van der Waals surface area contributed by atoms with Gasteiger partial charge in [0.05, 0.1) is 12.0 Å². The van der Waals surface area contributed by atoms with Crippen molar-refractivity contribution in [3.63, 3.8) is 0 Å². The summed E-state index contributed by atoms with van der Waals surface area (Å²) >= 11 is 6.68. The molecule has 1 fully saturated rings. The quantitative estimate of drug-likeness (QED) is 0.411. The van der Waals surface area contributed by atoms with Crippen LogP contribution in [0.3, 0.4) is 0 Å². The van der Waals surface area contributed by atoms with Crippen molar-refractivity contribution >= 4 is 40.3 Å². The summed E-state index contributed by atoms with van der Waals surface area (Å²) in [5, 5.41) is 0. The number of carbonyl (C=O) groups is 1. The minimum Gasteiger partial charge on any atom is -0.493 e. The monoisotopic (exact) mass is 363 g/mol. The normalized spacial score (nSPS) is 17.3. The highest BCUT2D eigenvalue weighted by atomic mass is 32.2.